The van der Waals surface area contributed by atoms with E-state index in [0.717, 1.165) is 0 Å². The van der Waals surface area contributed by atoms with E-state index in [-0.39, 0.29) is 5.88 Å². The molecule has 0 saturated carbocycles. The standard InChI is InChI=1S/C17H13N3O3/c1-3-23-17(22)10-4-6-14(19-9-10)15-12-8-11(18-2)5-7-13(12)20-16(15)21/h4-9,20-21H,3H2,1H3. The molecule has 0 amide bonds. The van der Waals surface area contributed by atoms with Crippen molar-refractivity contribution in [2.45, 2.75) is 6.92 Å². The third-order valence-corrected chi connectivity index (χ3v) is 3.42. The van der Waals surface area contributed by atoms with Gasteiger partial charge in [0.25, 0.3) is 0 Å². The largest absolute Gasteiger partial charge is 0.494 e. The van der Waals surface area contributed by atoms with Gasteiger partial charge in [0.15, 0.2) is 11.6 Å². The summed E-state index contributed by atoms with van der Waals surface area (Å²) >= 11 is 0. The first kappa shape index (κ1) is 14.6. The van der Waals surface area contributed by atoms with Gasteiger partial charge in [-0.15, -0.1) is 0 Å². The second-order valence-corrected chi connectivity index (χ2v) is 4.84. The number of hydrogen-bond acceptors (Lipinski definition) is 4. The van der Waals surface area contributed by atoms with E-state index in [4.69, 9.17) is 11.3 Å². The minimum absolute atomic E-state index is 0.0292. The van der Waals surface area contributed by atoms with Crippen molar-refractivity contribution in [3.05, 3.63) is 53.5 Å². The maximum atomic E-state index is 11.7. The molecule has 6 heteroatoms. The van der Waals surface area contributed by atoms with Gasteiger partial charge in [0.2, 0.25) is 0 Å². The Morgan fingerprint density at radius 3 is 2.87 bits per heavy atom. The molecule has 23 heavy (non-hydrogen) atoms. The van der Waals surface area contributed by atoms with Gasteiger partial charge in [-0.25, -0.2) is 9.64 Å². The Balaban J connectivity index is 2.08. The summed E-state index contributed by atoms with van der Waals surface area (Å²) in [5.41, 5.74) is 2.53. The first-order valence-corrected chi connectivity index (χ1v) is 6.99. The maximum absolute atomic E-state index is 11.7. The first-order valence-electron chi connectivity index (χ1n) is 6.99. The minimum Gasteiger partial charge on any atom is -0.494 e. The van der Waals surface area contributed by atoms with Gasteiger partial charge in [-0.1, -0.05) is 6.07 Å². The average Bonchev–Trinajstić information content (AvgIpc) is 2.90. The molecule has 1 aromatic carbocycles. The molecule has 0 aliphatic carbocycles. The Labute approximate surface area is 132 Å². The zero-order valence-corrected chi connectivity index (χ0v) is 12.3. The summed E-state index contributed by atoms with van der Waals surface area (Å²) in [7, 11) is 0. The van der Waals surface area contributed by atoms with E-state index in [9.17, 15) is 9.90 Å². The molecule has 2 aromatic heterocycles. The molecule has 114 valence electrons. The highest BCUT2D eigenvalue weighted by molar-refractivity contribution is 6.00. The van der Waals surface area contributed by atoms with Crippen LogP contribution < -0.4 is 0 Å². The van der Waals surface area contributed by atoms with Crippen molar-refractivity contribution in [1.29, 1.82) is 0 Å². The van der Waals surface area contributed by atoms with Crippen LogP contribution in [0.25, 0.3) is 27.0 Å². The van der Waals surface area contributed by atoms with Gasteiger partial charge in [-0.05, 0) is 31.2 Å². The summed E-state index contributed by atoms with van der Waals surface area (Å²) in [6.07, 6.45) is 1.41. The first-order chi connectivity index (χ1) is 11.1. The van der Waals surface area contributed by atoms with Crippen LogP contribution in [0.5, 0.6) is 5.88 Å². The molecule has 3 rings (SSSR count). The number of aromatic hydroxyl groups is 1. The number of carbonyl (C=O) groups is 1. The van der Waals surface area contributed by atoms with Crippen LogP contribution in [0.2, 0.25) is 0 Å². The lowest BCUT2D eigenvalue weighted by molar-refractivity contribution is 0.0526. The highest BCUT2D eigenvalue weighted by Gasteiger charge is 2.15. The van der Waals surface area contributed by atoms with E-state index < -0.39 is 5.97 Å². The smallest absolute Gasteiger partial charge is 0.339 e. The normalized spacial score (nSPS) is 10.4. The number of esters is 1. The van der Waals surface area contributed by atoms with Crippen LogP contribution >= 0.6 is 0 Å². The van der Waals surface area contributed by atoms with Gasteiger partial charge >= 0.3 is 5.97 Å². The molecule has 0 radical (unpaired) electrons. The summed E-state index contributed by atoms with van der Waals surface area (Å²) in [6, 6.07) is 8.33. The fraction of sp³-hybridized carbons (Fsp3) is 0.118. The summed E-state index contributed by atoms with van der Waals surface area (Å²) < 4.78 is 4.92. The van der Waals surface area contributed by atoms with Crippen LogP contribution in [0.1, 0.15) is 17.3 Å². The molecule has 3 aromatic rings. The third kappa shape index (κ3) is 2.60. The second kappa shape index (κ2) is 5.81. The fourth-order valence-corrected chi connectivity index (χ4v) is 2.37. The Morgan fingerprint density at radius 1 is 1.39 bits per heavy atom. The summed E-state index contributed by atoms with van der Waals surface area (Å²) in [5.74, 6) is -0.469. The maximum Gasteiger partial charge on any atom is 0.339 e. The summed E-state index contributed by atoms with van der Waals surface area (Å²) in [6.45, 7) is 9.13. The highest BCUT2D eigenvalue weighted by atomic mass is 16.5. The third-order valence-electron chi connectivity index (χ3n) is 3.42. The van der Waals surface area contributed by atoms with Crippen molar-refractivity contribution < 1.29 is 14.6 Å². The lowest BCUT2D eigenvalue weighted by Crippen LogP contribution is -2.04. The van der Waals surface area contributed by atoms with Crippen molar-refractivity contribution in [3.63, 3.8) is 0 Å². The lowest BCUT2D eigenvalue weighted by atomic mass is 10.1. The molecule has 2 N–H and O–H groups in total. The Kier molecular flexibility index (Phi) is 3.69. The molecule has 0 saturated heterocycles. The summed E-state index contributed by atoms with van der Waals surface area (Å²) in [4.78, 5) is 22.1. The van der Waals surface area contributed by atoms with Crippen LogP contribution in [0.3, 0.4) is 0 Å². The zero-order valence-electron chi connectivity index (χ0n) is 12.3. The van der Waals surface area contributed by atoms with Gasteiger partial charge in [-0.2, -0.15) is 0 Å². The zero-order chi connectivity index (χ0) is 16.4. The van der Waals surface area contributed by atoms with Crippen LogP contribution in [-0.2, 0) is 4.74 Å². The number of rotatable bonds is 3. The fourth-order valence-electron chi connectivity index (χ4n) is 2.37. The van der Waals surface area contributed by atoms with Gasteiger partial charge in [0.05, 0.1) is 30.0 Å². The van der Waals surface area contributed by atoms with Gasteiger partial charge in [-0.3, -0.25) is 4.98 Å². The van der Waals surface area contributed by atoms with Crippen LogP contribution in [0.4, 0.5) is 5.69 Å². The number of aromatic nitrogens is 2. The lowest BCUT2D eigenvalue weighted by Gasteiger charge is -2.03. The summed E-state index contributed by atoms with van der Waals surface area (Å²) in [5, 5.41) is 10.9. The molecule has 0 unspecified atom stereocenters. The van der Waals surface area contributed by atoms with Crippen LogP contribution in [0.15, 0.2) is 36.5 Å². The minimum atomic E-state index is -0.440. The molecule has 0 aliphatic heterocycles. The Bertz CT molecular complexity index is 921. The number of nitrogens with one attached hydrogen (secondary N) is 1. The van der Waals surface area contributed by atoms with E-state index in [1.807, 2.05) is 0 Å². The SMILES string of the molecule is [C-]#[N+]c1ccc2[nH]c(O)c(-c3ccc(C(=O)OCC)cn3)c2c1. The van der Waals surface area contributed by atoms with Crippen molar-refractivity contribution in [2.75, 3.05) is 6.61 Å². The number of benzene rings is 1. The van der Waals surface area contributed by atoms with Crippen LogP contribution in [-0.4, -0.2) is 27.7 Å². The quantitative estimate of drug-likeness (QED) is 0.571. The number of pyridine rings is 1. The topological polar surface area (TPSA) is 79.6 Å². The van der Waals surface area contributed by atoms with Crippen LogP contribution in [0, 0.1) is 6.57 Å². The van der Waals surface area contributed by atoms with Gasteiger partial charge < -0.3 is 14.8 Å². The number of carbonyl (C=O) groups excluding carboxylic acids is 1. The number of ether oxygens (including phenoxy) is 1. The molecule has 0 fully saturated rings. The molecule has 6 nitrogen and oxygen atoms in total. The Hall–Kier alpha value is -3.33. The molecule has 0 atom stereocenters. The Morgan fingerprint density at radius 2 is 2.22 bits per heavy atom. The molecule has 0 spiro atoms. The van der Waals surface area contributed by atoms with Crippen molar-refractivity contribution in [3.8, 4) is 17.1 Å². The highest BCUT2D eigenvalue weighted by Crippen LogP contribution is 2.37. The number of fused-ring (bicyclic) bond motifs is 1. The predicted octanol–water partition coefficient (Wildman–Crippen LogP) is 3.66. The molecular weight excluding hydrogens is 294 g/mol. The van der Waals surface area contributed by atoms with Crippen molar-refractivity contribution >= 4 is 22.6 Å². The molecule has 2 heterocycles. The second-order valence-electron chi connectivity index (χ2n) is 4.84. The number of hydrogen-bond donors (Lipinski definition) is 2. The number of aromatic amines is 1. The average molecular weight is 307 g/mol. The van der Waals surface area contributed by atoms with E-state index >= 15 is 0 Å². The number of nitrogens with zero attached hydrogens (tertiary/aromatic N) is 2. The monoisotopic (exact) mass is 307 g/mol. The van der Waals surface area contributed by atoms with E-state index in [2.05, 4.69) is 14.8 Å². The molecular formula is C17H13N3O3. The molecule has 0 bridgehead atoms. The molecule has 0 aliphatic rings. The van der Waals surface area contributed by atoms with Crippen molar-refractivity contribution in [2.24, 2.45) is 0 Å². The van der Waals surface area contributed by atoms with Crippen molar-refractivity contribution in [1.82, 2.24) is 9.97 Å². The van der Waals surface area contributed by atoms with E-state index in [1.165, 1.54) is 6.20 Å². The predicted molar refractivity (Wildman–Crippen MR) is 85.4 cm³/mol. The van der Waals surface area contributed by atoms with E-state index in [1.54, 1.807) is 37.3 Å². The van der Waals surface area contributed by atoms with Gasteiger partial charge in [0.1, 0.15) is 0 Å². The van der Waals surface area contributed by atoms with Gasteiger partial charge in [0, 0.05) is 17.1 Å². The number of H-pyrrole nitrogens is 1. The van der Waals surface area contributed by atoms with E-state index in [0.29, 0.717) is 40.0 Å².